The van der Waals surface area contributed by atoms with Gasteiger partial charge in [-0.05, 0) is 43.2 Å². The van der Waals surface area contributed by atoms with Crippen LogP contribution in [0.5, 0.6) is 0 Å². The highest BCUT2D eigenvalue weighted by Crippen LogP contribution is 2.31. The van der Waals surface area contributed by atoms with E-state index in [1.807, 2.05) is 0 Å². The maximum atomic E-state index is 12.8. The number of benzene rings is 1. The van der Waals surface area contributed by atoms with Crippen molar-refractivity contribution in [3.63, 3.8) is 0 Å². The third kappa shape index (κ3) is 4.02. The fraction of sp³-hybridized carbons (Fsp3) is 0.412. The number of rotatable bonds is 3. The van der Waals surface area contributed by atoms with Gasteiger partial charge in [-0.2, -0.15) is 13.2 Å². The molecular formula is C17H17ClF3N3O2. The fourth-order valence-corrected chi connectivity index (χ4v) is 3.21. The number of carbonyl (C=O) groups excluding carboxylic acids is 1. The molecular weight excluding hydrogens is 371 g/mol. The molecule has 0 bridgehead atoms. The lowest BCUT2D eigenvalue weighted by Crippen LogP contribution is -2.50. The molecule has 2 aliphatic heterocycles. The van der Waals surface area contributed by atoms with Crippen LogP contribution in [0.3, 0.4) is 0 Å². The molecule has 1 amide bonds. The van der Waals surface area contributed by atoms with Crippen LogP contribution in [-0.4, -0.2) is 41.8 Å². The Kier molecular flexibility index (Phi) is 5.24. The Labute approximate surface area is 153 Å². The van der Waals surface area contributed by atoms with E-state index < -0.39 is 24.0 Å². The molecule has 2 heterocycles. The third-order valence-corrected chi connectivity index (χ3v) is 4.61. The largest absolute Gasteiger partial charge is 0.412 e. The Balaban J connectivity index is 1.75. The van der Waals surface area contributed by atoms with Gasteiger partial charge in [0.1, 0.15) is 12.1 Å². The molecule has 0 radical (unpaired) electrons. The highest BCUT2D eigenvalue weighted by molar-refractivity contribution is 6.30. The number of amidine groups is 1. The maximum absolute atomic E-state index is 12.8. The van der Waals surface area contributed by atoms with Crippen molar-refractivity contribution in [1.82, 2.24) is 5.32 Å². The summed E-state index contributed by atoms with van der Waals surface area (Å²) in [4.78, 5) is 17.6. The van der Waals surface area contributed by atoms with E-state index in [0.29, 0.717) is 17.1 Å². The third-order valence-electron chi connectivity index (χ3n) is 4.36. The number of nitrogens with zero attached hydrogens (tertiary/aromatic N) is 2. The minimum Gasteiger partial charge on any atom is -0.372 e. The summed E-state index contributed by atoms with van der Waals surface area (Å²) in [6.45, 7) is -0.00904. The number of alkyl halides is 3. The van der Waals surface area contributed by atoms with Crippen LogP contribution in [-0.2, 0) is 4.79 Å². The van der Waals surface area contributed by atoms with E-state index in [0.717, 1.165) is 6.08 Å². The number of anilines is 1. The molecule has 2 N–H and O–H groups in total. The van der Waals surface area contributed by atoms with Crippen molar-refractivity contribution in [3.8, 4) is 0 Å². The number of aliphatic hydroxyl groups excluding tert-OH is 1. The highest BCUT2D eigenvalue weighted by atomic mass is 35.5. The topological polar surface area (TPSA) is 64.9 Å². The van der Waals surface area contributed by atoms with Gasteiger partial charge in [0.05, 0.1) is 6.04 Å². The molecule has 2 aliphatic rings. The van der Waals surface area contributed by atoms with Gasteiger partial charge in [-0.3, -0.25) is 9.79 Å². The van der Waals surface area contributed by atoms with E-state index in [1.165, 1.54) is 4.90 Å². The molecule has 2 unspecified atom stereocenters. The van der Waals surface area contributed by atoms with Gasteiger partial charge in [0.15, 0.2) is 0 Å². The standard InChI is InChI=1S/C17H17ClF3N3O2/c18-11-1-3-12(4-2-11)24-13(5-6-15(24)25)16(26)23-14-9-10(7-8-22-14)17(19,20)21/h1-4,9,13,16,26H,5-8H2,(H,22,23). The first-order chi connectivity index (χ1) is 12.3. The highest BCUT2D eigenvalue weighted by Gasteiger charge is 2.38. The second kappa shape index (κ2) is 7.28. The summed E-state index contributed by atoms with van der Waals surface area (Å²) < 4.78 is 38.5. The van der Waals surface area contributed by atoms with Gasteiger partial charge in [0, 0.05) is 29.2 Å². The summed E-state index contributed by atoms with van der Waals surface area (Å²) in [5, 5.41) is 13.6. The second-order valence-electron chi connectivity index (χ2n) is 6.12. The molecule has 0 aromatic heterocycles. The number of aliphatic hydroxyl groups is 1. The number of halogens is 4. The lowest BCUT2D eigenvalue weighted by Gasteiger charge is -2.30. The number of dihydropyridines is 1. The minimum atomic E-state index is -4.42. The van der Waals surface area contributed by atoms with Gasteiger partial charge >= 0.3 is 6.18 Å². The van der Waals surface area contributed by atoms with Crippen molar-refractivity contribution in [2.45, 2.75) is 37.7 Å². The van der Waals surface area contributed by atoms with Gasteiger partial charge in [-0.15, -0.1) is 0 Å². The van der Waals surface area contributed by atoms with E-state index in [9.17, 15) is 23.1 Å². The van der Waals surface area contributed by atoms with Crippen molar-refractivity contribution in [2.24, 2.45) is 4.99 Å². The summed E-state index contributed by atoms with van der Waals surface area (Å²) in [5.74, 6) is -0.207. The van der Waals surface area contributed by atoms with E-state index in [1.54, 1.807) is 24.3 Å². The average molecular weight is 388 g/mol. The first-order valence-electron chi connectivity index (χ1n) is 8.10. The zero-order valence-corrected chi connectivity index (χ0v) is 14.4. The molecule has 9 heteroatoms. The minimum absolute atomic E-state index is 0.00904. The monoisotopic (exact) mass is 387 g/mol. The Morgan fingerprint density at radius 3 is 2.62 bits per heavy atom. The molecule has 1 fully saturated rings. The van der Waals surface area contributed by atoms with Crippen molar-refractivity contribution in [3.05, 3.63) is 40.9 Å². The number of aliphatic imine (C=N–C) groups is 1. The first-order valence-corrected chi connectivity index (χ1v) is 8.48. The molecule has 140 valence electrons. The van der Waals surface area contributed by atoms with Crippen LogP contribution in [0.2, 0.25) is 5.02 Å². The second-order valence-corrected chi connectivity index (χ2v) is 6.56. The molecule has 26 heavy (non-hydrogen) atoms. The van der Waals surface area contributed by atoms with Gasteiger partial charge in [0.2, 0.25) is 5.91 Å². The summed E-state index contributed by atoms with van der Waals surface area (Å²) in [6, 6.07) is 5.96. The molecule has 1 aromatic rings. The van der Waals surface area contributed by atoms with E-state index >= 15 is 0 Å². The number of hydrogen-bond donors (Lipinski definition) is 2. The Hall–Kier alpha value is -2.06. The van der Waals surface area contributed by atoms with Crippen molar-refractivity contribution >= 4 is 29.0 Å². The molecule has 0 spiro atoms. The van der Waals surface area contributed by atoms with Crippen LogP contribution in [0, 0.1) is 0 Å². The lowest BCUT2D eigenvalue weighted by atomic mass is 10.1. The quantitative estimate of drug-likeness (QED) is 0.783. The van der Waals surface area contributed by atoms with Gasteiger partial charge < -0.3 is 15.3 Å². The maximum Gasteiger partial charge on any atom is 0.412 e. The van der Waals surface area contributed by atoms with Crippen LogP contribution in [0.25, 0.3) is 0 Å². The predicted molar refractivity (Wildman–Crippen MR) is 92.2 cm³/mol. The van der Waals surface area contributed by atoms with Crippen molar-refractivity contribution < 1.29 is 23.1 Å². The summed E-state index contributed by atoms with van der Waals surface area (Å²) in [6.07, 6.45) is -4.35. The fourth-order valence-electron chi connectivity index (χ4n) is 3.08. The average Bonchev–Trinajstić information content (AvgIpc) is 2.97. The van der Waals surface area contributed by atoms with Gasteiger partial charge in [0.25, 0.3) is 0 Å². The Morgan fingerprint density at radius 2 is 1.96 bits per heavy atom. The van der Waals surface area contributed by atoms with E-state index in [4.69, 9.17) is 11.6 Å². The van der Waals surface area contributed by atoms with Crippen LogP contribution >= 0.6 is 11.6 Å². The summed E-state index contributed by atoms with van der Waals surface area (Å²) in [7, 11) is 0. The summed E-state index contributed by atoms with van der Waals surface area (Å²) >= 11 is 5.85. The Bertz CT molecular complexity index is 747. The molecule has 0 saturated carbocycles. The summed E-state index contributed by atoms with van der Waals surface area (Å²) in [5.41, 5.74) is -0.126. The smallest absolute Gasteiger partial charge is 0.372 e. The SMILES string of the molecule is O=C1CCC(C(O)NC2=NCCC(C(F)(F)F)=C2)N1c1ccc(Cl)cc1. The van der Waals surface area contributed by atoms with Crippen LogP contribution in [0.15, 0.2) is 40.9 Å². The lowest BCUT2D eigenvalue weighted by molar-refractivity contribution is -0.117. The Morgan fingerprint density at radius 1 is 1.27 bits per heavy atom. The van der Waals surface area contributed by atoms with Crippen LogP contribution in [0.4, 0.5) is 18.9 Å². The molecule has 3 rings (SSSR count). The zero-order valence-electron chi connectivity index (χ0n) is 13.6. The number of nitrogens with one attached hydrogen (secondary N) is 1. The van der Waals surface area contributed by atoms with Gasteiger partial charge in [-0.1, -0.05) is 11.6 Å². The predicted octanol–water partition coefficient (Wildman–Crippen LogP) is 3.03. The van der Waals surface area contributed by atoms with E-state index in [2.05, 4.69) is 10.3 Å². The van der Waals surface area contributed by atoms with E-state index in [-0.39, 0.29) is 31.1 Å². The van der Waals surface area contributed by atoms with Crippen LogP contribution in [0.1, 0.15) is 19.3 Å². The van der Waals surface area contributed by atoms with Crippen molar-refractivity contribution in [2.75, 3.05) is 11.4 Å². The van der Waals surface area contributed by atoms with Gasteiger partial charge in [-0.25, -0.2) is 0 Å². The normalized spacial score (nSPS) is 22.1. The zero-order chi connectivity index (χ0) is 18.9. The first kappa shape index (κ1) is 18.7. The molecule has 2 atom stereocenters. The number of carbonyl (C=O) groups is 1. The molecule has 5 nitrogen and oxygen atoms in total. The molecule has 1 saturated heterocycles. The van der Waals surface area contributed by atoms with Crippen molar-refractivity contribution in [1.29, 1.82) is 0 Å². The molecule has 1 aromatic carbocycles. The number of hydrogen-bond acceptors (Lipinski definition) is 4. The molecule has 0 aliphatic carbocycles. The van der Waals surface area contributed by atoms with Crippen LogP contribution < -0.4 is 10.2 Å². The number of amides is 1.